The number of methoxy groups -OCH3 is 1. The van der Waals surface area contributed by atoms with Crippen molar-refractivity contribution in [3.05, 3.63) is 29.6 Å². The Morgan fingerprint density at radius 2 is 2.18 bits per heavy atom. The second kappa shape index (κ2) is 6.57. The fourth-order valence-electron chi connectivity index (χ4n) is 1.83. The van der Waals surface area contributed by atoms with Gasteiger partial charge in [-0.15, -0.1) is 0 Å². The molecule has 0 radical (unpaired) electrons. The molecule has 1 atom stereocenters. The third kappa shape index (κ3) is 3.68. The monoisotopic (exact) mass is 241 g/mol. The van der Waals surface area contributed by atoms with Crippen molar-refractivity contribution in [3.8, 4) is 0 Å². The van der Waals surface area contributed by atoms with Crippen molar-refractivity contribution >= 4 is 5.69 Å². The molecule has 1 N–H and O–H groups in total. The zero-order valence-electron chi connectivity index (χ0n) is 10.6. The summed E-state index contributed by atoms with van der Waals surface area (Å²) in [6, 6.07) is 4.77. The number of para-hydroxylation sites is 1. The first-order valence-electron chi connectivity index (χ1n) is 5.74. The summed E-state index contributed by atoms with van der Waals surface area (Å²) in [5, 5.41) is 9.63. The molecule has 0 fully saturated rings. The molecule has 0 aromatic heterocycles. The number of aliphatic hydroxyl groups is 1. The predicted molar refractivity (Wildman–Crippen MR) is 66.8 cm³/mol. The first-order chi connectivity index (χ1) is 8.07. The molecule has 0 bridgehead atoms. The summed E-state index contributed by atoms with van der Waals surface area (Å²) in [4.78, 5) is 1.82. The number of hydrogen-bond acceptors (Lipinski definition) is 3. The summed E-state index contributed by atoms with van der Waals surface area (Å²) < 4.78 is 18.8. The fraction of sp³-hybridized carbons (Fsp3) is 0.538. The first-order valence-corrected chi connectivity index (χ1v) is 5.74. The Bertz CT molecular complexity index is 355. The highest BCUT2D eigenvalue weighted by Gasteiger charge is 2.15. The van der Waals surface area contributed by atoms with E-state index in [9.17, 15) is 9.50 Å². The van der Waals surface area contributed by atoms with E-state index in [1.54, 1.807) is 26.2 Å². The Morgan fingerprint density at radius 3 is 2.76 bits per heavy atom. The van der Waals surface area contributed by atoms with Crippen LogP contribution in [0.25, 0.3) is 0 Å². The van der Waals surface area contributed by atoms with Crippen LogP contribution in [0, 0.1) is 5.82 Å². The van der Waals surface area contributed by atoms with E-state index in [4.69, 9.17) is 4.74 Å². The largest absolute Gasteiger partial charge is 0.389 e. The van der Waals surface area contributed by atoms with Crippen LogP contribution in [0.1, 0.15) is 25.0 Å². The van der Waals surface area contributed by atoms with Gasteiger partial charge in [0.1, 0.15) is 5.82 Å². The van der Waals surface area contributed by atoms with Crippen molar-refractivity contribution in [3.63, 3.8) is 0 Å². The van der Waals surface area contributed by atoms with E-state index in [1.807, 2.05) is 11.9 Å². The maximum Gasteiger partial charge on any atom is 0.146 e. The second-order valence-electron chi connectivity index (χ2n) is 4.12. The van der Waals surface area contributed by atoms with Crippen molar-refractivity contribution in [1.29, 1.82) is 0 Å². The molecule has 0 heterocycles. The maximum absolute atomic E-state index is 13.8. The minimum atomic E-state index is -0.675. The molecular formula is C13H20FNO2. The molecule has 1 aromatic carbocycles. The van der Waals surface area contributed by atoms with Crippen LogP contribution < -0.4 is 4.90 Å². The topological polar surface area (TPSA) is 32.7 Å². The number of halogens is 1. The van der Waals surface area contributed by atoms with E-state index in [1.165, 1.54) is 6.07 Å². The Balaban J connectivity index is 2.87. The molecule has 0 spiro atoms. The molecule has 0 aliphatic heterocycles. The molecule has 96 valence electrons. The summed E-state index contributed by atoms with van der Waals surface area (Å²) in [7, 11) is 3.46. The van der Waals surface area contributed by atoms with Crippen LogP contribution in [0.3, 0.4) is 0 Å². The fourth-order valence-corrected chi connectivity index (χ4v) is 1.83. The number of anilines is 1. The lowest BCUT2D eigenvalue weighted by molar-refractivity contribution is 0.195. The van der Waals surface area contributed by atoms with Crippen LogP contribution in [0.5, 0.6) is 0 Å². The first kappa shape index (κ1) is 13.9. The van der Waals surface area contributed by atoms with Crippen molar-refractivity contribution in [2.45, 2.75) is 19.4 Å². The Hall–Kier alpha value is -1.13. The highest BCUT2D eigenvalue weighted by molar-refractivity contribution is 5.55. The molecule has 3 nitrogen and oxygen atoms in total. The minimum absolute atomic E-state index is 0.302. The molecular weight excluding hydrogens is 221 g/mol. The Kier molecular flexibility index (Phi) is 5.38. The minimum Gasteiger partial charge on any atom is -0.389 e. The normalized spacial score (nSPS) is 12.5. The quantitative estimate of drug-likeness (QED) is 0.776. The average Bonchev–Trinajstić information content (AvgIpc) is 2.28. The highest BCUT2D eigenvalue weighted by atomic mass is 19.1. The molecule has 17 heavy (non-hydrogen) atoms. The van der Waals surface area contributed by atoms with Crippen molar-refractivity contribution in [1.82, 2.24) is 0 Å². The molecule has 0 amide bonds. The number of aliphatic hydroxyl groups excluding tert-OH is 1. The van der Waals surface area contributed by atoms with Gasteiger partial charge in [-0.1, -0.05) is 12.1 Å². The van der Waals surface area contributed by atoms with Gasteiger partial charge < -0.3 is 14.7 Å². The van der Waals surface area contributed by atoms with E-state index in [0.717, 1.165) is 6.42 Å². The van der Waals surface area contributed by atoms with E-state index >= 15 is 0 Å². The lowest BCUT2D eigenvalue weighted by atomic mass is 10.1. The number of rotatable bonds is 6. The third-order valence-electron chi connectivity index (χ3n) is 2.69. The summed E-state index contributed by atoms with van der Waals surface area (Å²) >= 11 is 0. The van der Waals surface area contributed by atoms with Crippen LogP contribution in [-0.4, -0.2) is 32.4 Å². The van der Waals surface area contributed by atoms with Crippen LogP contribution in [0.15, 0.2) is 18.2 Å². The number of ether oxygens (including phenoxy) is 1. The van der Waals surface area contributed by atoms with Gasteiger partial charge >= 0.3 is 0 Å². The SMILES string of the molecule is COCCCN(C)c1c(F)cccc1C(C)O. The number of benzene rings is 1. The van der Waals surface area contributed by atoms with Crippen LogP contribution in [0.2, 0.25) is 0 Å². The summed E-state index contributed by atoms with van der Waals surface area (Å²) in [6.45, 7) is 2.97. The molecule has 0 aliphatic carbocycles. The van der Waals surface area contributed by atoms with E-state index in [0.29, 0.717) is 24.4 Å². The van der Waals surface area contributed by atoms with Gasteiger partial charge in [-0.2, -0.15) is 0 Å². The van der Waals surface area contributed by atoms with Gasteiger partial charge in [0.15, 0.2) is 0 Å². The summed E-state index contributed by atoms with van der Waals surface area (Å²) in [5.41, 5.74) is 1.09. The Morgan fingerprint density at radius 1 is 1.47 bits per heavy atom. The van der Waals surface area contributed by atoms with Crippen molar-refractivity contribution in [2.24, 2.45) is 0 Å². The van der Waals surface area contributed by atoms with Gasteiger partial charge in [0, 0.05) is 32.9 Å². The zero-order chi connectivity index (χ0) is 12.8. The molecule has 1 aromatic rings. The smallest absolute Gasteiger partial charge is 0.146 e. The summed E-state index contributed by atoms with van der Waals surface area (Å²) in [6.07, 6.45) is 0.145. The summed E-state index contributed by atoms with van der Waals surface area (Å²) in [5.74, 6) is -0.302. The van der Waals surface area contributed by atoms with E-state index < -0.39 is 6.10 Å². The average molecular weight is 241 g/mol. The standard InChI is InChI=1S/C13H20FNO2/c1-10(16)11-6-4-7-12(14)13(11)15(2)8-5-9-17-3/h4,6-7,10,16H,5,8-9H2,1-3H3. The van der Waals surface area contributed by atoms with E-state index in [2.05, 4.69) is 0 Å². The lowest BCUT2D eigenvalue weighted by Crippen LogP contribution is -2.22. The van der Waals surface area contributed by atoms with Crippen LogP contribution in [0.4, 0.5) is 10.1 Å². The molecule has 0 aliphatic rings. The van der Waals surface area contributed by atoms with Gasteiger partial charge in [0.2, 0.25) is 0 Å². The number of hydrogen-bond donors (Lipinski definition) is 1. The Labute approximate surface area is 102 Å². The van der Waals surface area contributed by atoms with Gasteiger partial charge in [-0.05, 0) is 19.4 Å². The van der Waals surface area contributed by atoms with Gasteiger partial charge in [-0.3, -0.25) is 0 Å². The van der Waals surface area contributed by atoms with Crippen LogP contribution >= 0.6 is 0 Å². The van der Waals surface area contributed by atoms with Gasteiger partial charge in [0.25, 0.3) is 0 Å². The predicted octanol–water partition coefficient (Wildman–Crippen LogP) is 2.35. The number of nitrogens with zero attached hydrogens (tertiary/aromatic N) is 1. The molecule has 0 saturated carbocycles. The van der Waals surface area contributed by atoms with Gasteiger partial charge in [0.05, 0.1) is 11.8 Å². The van der Waals surface area contributed by atoms with Crippen molar-refractivity contribution in [2.75, 3.05) is 32.2 Å². The molecule has 0 saturated heterocycles. The molecule has 4 heteroatoms. The van der Waals surface area contributed by atoms with Crippen LogP contribution in [-0.2, 0) is 4.74 Å². The second-order valence-corrected chi connectivity index (χ2v) is 4.12. The zero-order valence-corrected chi connectivity index (χ0v) is 10.6. The molecule has 1 rings (SSSR count). The van der Waals surface area contributed by atoms with Crippen molar-refractivity contribution < 1.29 is 14.2 Å². The maximum atomic E-state index is 13.8. The van der Waals surface area contributed by atoms with E-state index in [-0.39, 0.29) is 5.82 Å². The third-order valence-corrected chi connectivity index (χ3v) is 2.69. The van der Waals surface area contributed by atoms with Gasteiger partial charge in [-0.25, -0.2) is 4.39 Å². The lowest BCUT2D eigenvalue weighted by Gasteiger charge is -2.24. The highest BCUT2D eigenvalue weighted by Crippen LogP contribution is 2.28. The molecule has 1 unspecified atom stereocenters.